The molecule has 26 heavy (non-hydrogen) atoms. The van der Waals surface area contributed by atoms with Crippen LogP contribution in [0, 0.1) is 6.92 Å². The fraction of sp³-hybridized carbons (Fsp3) is 0.263. The highest BCUT2D eigenvalue weighted by Crippen LogP contribution is 2.22. The fourth-order valence-corrected chi connectivity index (χ4v) is 2.88. The van der Waals surface area contributed by atoms with Crippen LogP contribution in [0.3, 0.4) is 0 Å². The SMILES string of the molecule is Cc1cc(C(=O)NC(C(N)=O)c2ccccc2)c2cnn(C(C)C)c2n1. The predicted molar refractivity (Wildman–Crippen MR) is 98.5 cm³/mol. The van der Waals surface area contributed by atoms with E-state index in [4.69, 9.17) is 5.73 Å². The number of fused-ring (bicyclic) bond motifs is 1. The summed E-state index contributed by atoms with van der Waals surface area (Å²) in [5, 5.41) is 7.70. The summed E-state index contributed by atoms with van der Waals surface area (Å²) < 4.78 is 1.77. The van der Waals surface area contributed by atoms with Crippen molar-refractivity contribution in [2.45, 2.75) is 32.9 Å². The smallest absolute Gasteiger partial charge is 0.253 e. The van der Waals surface area contributed by atoms with Gasteiger partial charge in [0, 0.05) is 11.7 Å². The van der Waals surface area contributed by atoms with Crippen molar-refractivity contribution in [2.75, 3.05) is 0 Å². The van der Waals surface area contributed by atoms with E-state index in [1.54, 1.807) is 41.2 Å². The van der Waals surface area contributed by atoms with Crippen molar-refractivity contribution < 1.29 is 9.59 Å². The van der Waals surface area contributed by atoms with Crippen molar-refractivity contribution in [2.24, 2.45) is 5.73 Å². The minimum absolute atomic E-state index is 0.111. The molecule has 2 amide bonds. The zero-order chi connectivity index (χ0) is 18.8. The zero-order valence-corrected chi connectivity index (χ0v) is 14.9. The topological polar surface area (TPSA) is 103 Å². The van der Waals surface area contributed by atoms with E-state index >= 15 is 0 Å². The first-order chi connectivity index (χ1) is 12.4. The third-order valence-corrected chi connectivity index (χ3v) is 4.12. The summed E-state index contributed by atoms with van der Waals surface area (Å²) in [6.45, 7) is 5.81. The largest absolute Gasteiger partial charge is 0.368 e. The third kappa shape index (κ3) is 3.28. The number of carbonyl (C=O) groups excluding carboxylic acids is 2. The number of carbonyl (C=O) groups is 2. The number of pyridine rings is 1. The summed E-state index contributed by atoms with van der Waals surface area (Å²) in [7, 11) is 0. The lowest BCUT2D eigenvalue weighted by Gasteiger charge is -2.16. The molecule has 2 aromatic heterocycles. The molecule has 0 aliphatic carbocycles. The van der Waals surface area contributed by atoms with Crippen LogP contribution in [0.2, 0.25) is 0 Å². The summed E-state index contributed by atoms with van der Waals surface area (Å²) in [6, 6.07) is 9.80. The maximum absolute atomic E-state index is 12.9. The van der Waals surface area contributed by atoms with Crippen molar-refractivity contribution in [3.05, 3.63) is 59.4 Å². The molecule has 0 fully saturated rings. The Morgan fingerprint density at radius 1 is 1.19 bits per heavy atom. The Balaban J connectivity index is 2.01. The summed E-state index contributed by atoms with van der Waals surface area (Å²) in [6.07, 6.45) is 1.62. The van der Waals surface area contributed by atoms with Gasteiger partial charge in [-0.3, -0.25) is 9.59 Å². The highest BCUT2D eigenvalue weighted by atomic mass is 16.2. The lowest BCUT2D eigenvalue weighted by atomic mass is 10.1. The Labute approximate surface area is 151 Å². The molecule has 1 aromatic carbocycles. The molecule has 3 aromatic rings. The van der Waals surface area contributed by atoms with Gasteiger partial charge in [0.2, 0.25) is 5.91 Å². The number of rotatable bonds is 5. The molecular weight excluding hydrogens is 330 g/mol. The van der Waals surface area contributed by atoms with Crippen LogP contribution in [0.4, 0.5) is 0 Å². The Morgan fingerprint density at radius 3 is 2.50 bits per heavy atom. The Hall–Kier alpha value is -3.22. The summed E-state index contributed by atoms with van der Waals surface area (Å²) in [4.78, 5) is 29.3. The van der Waals surface area contributed by atoms with E-state index in [0.29, 0.717) is 27.9 Å². The summed E-state index contributed by atoms with van der Waals surface area (Å²) in [5.74, 6) is -1.01. The highest BCUT2D eigenvalue weighted by molar-refractivity contribution is 6.06. The Kier molecular flexibility index (Phi) is 4.71. The third-order valence-electron chi connectivity index (χ3n) is 4.12. The normalized spacial score (nSPS) is 12.3. The maximum atomic E-state index is 12.9. The molecule has 0 radical (unpaired) electrons. The number of nitrogens with two attached hydrogens (primary N) is 1. The molecule has 1 unspecified atom stereocenters. The van der Waals surface area contributed by atoms with Gasteiger partial charge < -0.3 is 11.1 Å². The lowest BCUT2D eigenvalue weighted by molar-refractivity contribution is -0.120. The van der Waals surface area contributed by atoms with Gasteiger partial charge in [-0.15, -0.1) is 0 Å². The Morgan fingerprint density at radius 2 is 1.88 bits per heavy atom. The van der Waals surface area contributed by atoms with Gasteiger partial charge in [0.15, 0.2) is 5.65 Å². The van der Waals surface area contributed by atoms with Gasteiger partial charge in [0.25, 0.3) is 5.91 Å². The average molecular weight is 351 g/mol. The van der Waals surface area contributed by atoms with Crippen LogP contribution in [-0.4, -0.2) is 26.6 Å². The molecule has 3 rings (SSSR count). The molecule has 3 N–H and O–H groups in total. The maximum Gasteiger partial charge on any atom is 0.253 e. The monoisotopic (exact) mass is 351 g/mol. The number of hydrogen-bond acceptors (Lipinski definition) is 4. The van der Waals surface area contributed by atoms with E-state index in [-0.39, 0.29) is 6.04 Å². The number of aryl methyl sites for hydroxylation is 1. The van der Waals surface area contributed by atoms with Crippen LogP contribution in [0.5, 0.6) is 0 Å². The van der Waals surface area contributed by atoms with Gasteiger partial charge in [0.1, 0.15) is 6.04 Å². The molecule has 7 nitrogen and oxygen atoms in total. The van der Waals surface area contributed by atoms with E-state index in [2.05, 4.69) is 15.4 Å². The van der Waals surface area contributed by atoms with Crippen LogP contribution >= 0.6 is 0 Å². The number of amides is 2. The average Bonchev–Trinajstić information content (AvgIpc) is 3.03. The molecule has 0 spiro atoms. The first-order valence-corrected chi connectivity index (χ1v) is 8.38. The van der Waals surface area contributed by atoms with Gasteiger partial charge in [-0.25, -0.2) is 9.67 Å². The molecule has 134 valence electrons. The first-order valence-electron chi connectivity index (χ1n) is 8.38. The predicted octanol–water partition coefficient (Wildman–Crippen LogP) is 2.28. The van der Waals surface area contributed by atoms with E-state index in [1.807, 2.05) is 26.8 Å². The zero-order valence-electron chi connectivity index (χ0n) is 14.9. The van der Waals surface area contributed by atoms with Crippen molar-refractivity contribution in [1.29, 1.82) is 0 Å². The standard InChI is InChI=1S/C19H21N5O2/c1-11(2)24-18-15(10-21-24)14(9-12(3)22-18)19(26)23-16(17(20)25)13-7-5-4-6-8-13/h4-11,16H,1-3H3,(H2,20,25)(H,23,26). The van der Waals surface area contributed by atoms with Gasteiger partial charge in [-0.2, -0.15) is 5.10 Å². The second-order valence-corrected chi connectivity index (χ2v) is 6.45. The number of aromatic nitrogens is 3. The van der Waals surface area contributed by atoms with Crippen molar-refractivity contribution in [3.63, 3.8) is 0 Å². The molecule has 0 saturated heterocycles. The number of benzene rings is 1. The molecular formula is C19H21N5O2. The summed E-state index contributed by atoms with van der Waals surface area (Å²) >= 11 is 0. The van der Waals surface area contributed by atoms with Gasteiger partial charge in [-0.1, -0.05) is 30.3 Å². The molecule has 0 saturated carbocycles. The van der Waals surface area contributed by atoms with Crippen molar-refractivity contribution >= 4 is 22.8 Å². The van der Waals surface area contributed by atoms with Crippen LogP contribution in [0.25, 0.3) is 11.0 Å². The summed E-state index contributed by atoms with van der Waals surface area (Å²) in [5.41, 5.74) is 7.88. The fourth-order valence-electron chi connectivity index (χ4n) is 2.88. The molecule has 7 heteroatoms. The molecule has 0 bridgehead atoms. The minimum atomic E-state index is -0.910. The van der Waals surface area contributed by atoms with Crippen LogP contribution in [-0.2, 0) is 4.79 Å². The molecule has 2 heterocycles. The lowest BCUT2D eigenvalue weighted by Crippen LogP contribution is -2.37. The van der Waals surface area contributed by atoms with E-state index in [9.17, 15) is 9.59 Å². The van der Waals surface area contributed by atoms with Gasteiger partial charge >= 0.3 is 0 Å². The number of hydrogen-bond donors (Lipinski definition) is 2. The van der Waals surface area contributed by atoms with E-state index < -0.39 is 17.9 Å². The van der Waals surface area contributed by atoms with E-state index in [1.165, 1.54) is 0 Å². The second-order valence-electron chi connectivity index (χ2n) is 6.45. The molecule has 0 aliphatic heterocycles. The van der Waals surface area contributed by atoms with Crippen molar-refractivity contribution in [3.8, 4) is 0 Å². The first kappa shape index (κ1) is 17.6. The minimum Gasteiger partial charge on any atom is -0.368 e. The van der Waals surface area contributed by atoms with E-state index in [0.717, 1.165) is 0 Å². The molecule has 1 atom stereocenters. The molecule has 0 aliphatic rings. The second kappa shape index (κ2) is 6.95. The number of primary amides is 1. The quantitative estimate of drug-likeness (QED) is 0.736. The van der Waals surface area contributed by atoms with Crippen LogP contribution in [0.15, 0.2) is 42.6 Å². The van der Waals surface area contributed by atoms with Crippen molar-refractivity contribution in [1.82, 2.24) is 20.1 Å². The Bertz CT molecular complexity index is 963. The van der Waals surface area contributed by atoms with Crippen LogP contribution < -0.4 is 11.1 Å². The highest BCUT2D eigenvalue weighted by Gasteiger charge is 2.23. The van der Waals surface area contributed by atoms with Gasteiger partial charge in [0.05, 0.1) is 17.1 Å². The van der Waals surface area contributed by atoms with Gasteiger partial charge in [-0.05, 0) is 32.4 Å². The number of nitrogens with zero attached hydrogens (tertiary/aromatic N) is 3. The van der Waals surface area contributed by atoms with Crippen LogP contribution in [0.1, 0.15) is 47.5 Å². The number of nitrogens with one attached hydrogen (secondary N) is 1.